The predicted octanol–water partition coefficient (Wildman–Crippen LogP) is 2.51. The van der Waals surface area contributed by atoms with Crippen molar-refractivity contribution in [2.45, 2.75) is 65.5 Å². The molecule has 1 rings (SSSR count). The van der Waals surface area contributed by atoms with Gasteiger partial charge in [0.1, 0.15) is 0 Å². The summed E-state index contributed by atoms with van der Waals surface area (Å²) in [4.78, 5) is 0. The number of hydrogen-bond acceptors (Lipinski definition) is 2. The minimum atomic E-state index is -0.0984. The molecule has 1 fully saturated rings. The third-order valence-electron chi connectivity index (χ3n) is 5.00. The molecule has 90 valence electrons. The van der Waals surface area contributed by atoms with Gasteiger partial charge in [0, 0.05) is 11.6 Å². The quantitative estimate of drug-likeness (QED) is 0.739. The lowest BCUT2D eigenvalue weighted by atomic mass is 9.53. The number of hydrogen-bond donors (Lipinski definition) is 2. The van der Waals surface area contributed by atoms with Crippen LogP contribution in [0.15, 0.2) is 0 Å². The zero-order chi connectivity index (χ0) is 11.9. The number of nitrogens with two attached hydrogens (primary N) is 2. The molecule has 0 aromatic heterocycles. The van der Waals surface area contributed by atoms with Gasteiger partial charge in [0.2, 0.25) is 0 Å². The van der Waals surface area contributed by atoms with E-state index in [-0.39, 0.29) is 11.0 Å². The van der Waals surface area contributed by atoms with E-state index in [2.05, 4.69) is 34.6 Å². The normalized spacial score (nSPS) is 42.6. The highest BCUT2D eigenvalue weighted by Gasteiger charge is 2.51. The highest BCUT2D eigenvalue weighted by molar-refractivity contribution is 5.08. The van der Waals surface area contributed by atoms with E-state index in [9.17, 15) is 0 Å². The van der Waals surface area contributed by atoms with Crippen LogP contribution in [0, 0.1) is 17.3 Å². The predicted molar refractivity (Wildman–Crippen MR) is 66.5 cm³/mol. The van der Waals surface area contributed by atoms with Crippen LogP contribution in [0.25, 0.3) is 0 Å². The van der Waals surface area contributed by atoms with Gasteiger partial charge in [-0.05, 0) is 36.5 Å². The zero-order valence-electron chi connectivity index (χ0n) is 11.0. The molecule has 0 aliphatic heterocycles. The minimum absolute atomic E-state index is 0.0984. The standard InChI is InChI=1S/C13H28N2/c1-9(2)12(5)7-6-11(14)8-13(12,15)10(3)4/h9-11H,6-8,14-15H2,1-5H3. The molecule has 0 bridgehead atoms. The summed E-state index contributed by atoms with van der Waals surface area (Å²) in [6, 6.07) is 0.296. The summed E-state index contributed by atoms with van der Waals surface area (Å²) < 4.78 is 0. The summed E-state index contributed by atoms with van der Waals surface area (Å²) in [6.45, 7) is 11.4. The van der Waals surface area contributed by atoms with E-state index in [4.69, 9.17) is 11.5 Å². The second-order valence-corrected chi connectivity index (χ2v) is 6.27. The van der Waals surface area contributed by atoms with Crippen molar-refractivity contribution in [3.05, 3.63) is 0 Å². The van der Waals surface area contributed by atoms with Gasteiger partial charge in [-0.25, -0.2) is 0 Å². The van der Waals surface area contributed by atoms with Crippen molar-refractivity contribution in [1.82, 2.24) is 0 Å². The van der Waals surface area contributed by atoms with Gasteiger partial charge in [-0.1, -0.05) is 34.6 Å². The van der Waals surface area contributed by atoms with Crippen LogP contribution in [0.2, 0.25) is 0 Å². The highest BCUT2D eigenvalue weighted by atomic mass is 14.9. The Morgan fingerprint density at radius 3 is 2.07 bits per heavy atom. The van der Waals surface area contributed by atoms with E-state index in [1.807, 2.05) is 0 Å². The largest absolute Gasteiger partial charge is 0.328 e. The lowest BCUT2D eigenvalue weighted by Gasteiger charge is -2.56. The molecule has 1 saturated carbocycles. The van der Waals surface area contributed by atoms with E-state index < -0.39 is 0 Å². The Bertz CT molecular complexity index is 225. The Hall–Kier alpha value is -0.0800. The SMILES string of the molecule is CC(C)C1(C)CCC(N)CC1(N)C(C)C. The Morgan fingerprint density at radius 1 is 1.13 bits per heavy atom. The smallest absolute Gasteiger partial charge is 0.0249 e. The van der Waals surface area contributed by atoms with Gasteiger partial charge in [0.25, 0.3) is 0 Å². The van der Waals surface area contributed by atoms with Crippen LogP contribution in [0.3, 0.4) is 0 Å². The summed E-state index contributed by atoms with van der Waals surface area (Å²) in [5.74, 6) is 1.12. The average molecular weight is 212 g/mol. The van der Waals surface area contributed by atoms with Crippen molar-refractivity contribution in [3.63, 3.8) is 0 Å². The molecule has 4 N–H and O–H groups in total. The molecule has 0 saturated heterocycles. The van der Waals surface area contributed by atoms with Gasteiger partial charge in [0.15, 0.2) is 0 Å². The van der Waals surface area contributed by atoms with Crippen molar-refractivity contribution in [2.75, 3.05) is 0 Å². The maximum Gasteiger partial charge on any atom is 0.0249 e. The first-order valence-electron chi connectivity index (χ1n) is 6.28. The lowest BCUT2D eigenvalue weighted by Crippen LogP contribution is -2.64. The van der Waals surface area contributed by atoms with E-state index in [1.165, 1.54) is 6.42 Å². The van der Waals surface area contributed by atoms with E-state index >= 15 is 0 Å². The first-order chi connectivity index (χ1) is 6.74. The van der Waals surface area contributed by atoms with Gasteiger partial charge >= 0.3 is 0 Å². The second kappa shape index (κ2) is 4.06. The van der Waals surface area contributed by atoms with Crippen LogP contribution in [0.5, 0.6) is 0 Å². The molecule has 0 heterocycles. The fourth-order valence-corrected chi connectivity index (χ4v) is 3.21. The molecule has 2 heteroatoms. The Kier molecular flexibility index (Phi) is 3.52. The monoisotopic (exact) mass is 212 g/mol. The molecule has 0 radical (unpaired) electrons. The van der Waals surface area contributed by atoms with Gasteiger partial charge in [-0.15, -0.1) is 0 Å². The molecule has 15 heavy (non-hydrogen) atoms. The first kappa shape index (κ1) is 13.0. The lowest BCUT2D eigenvalue weighted by molar-refractivity contribution is -0.00692. The third-order valence-corrected chi connectivity index (χ3v) is 5.00. The highest BCUT2D eigenvalue weighted by Crippen LogP contribution is 2.50. The number of rotatable bonds is 2. The molecule has 1 aliphatic carbocycles. The van der Waals surface area contributed by atoms with E-state index in [1.54, 1.807) is 0 Å². The Balaban J connectivity index is 3.04. The van der Waals surface area contributed by atoms with Crippen LogP contribution in [0.1, 0.15) is 53.9 Å². The van der Waals surface area contributed by atoms with Crippen molar-refractivity contribution >= 4 is 0 Å². The molecule has 2 nitrogen and oxygen atoms in total. The van der Waals surface area contributed by atoms with Crippen molar-refractivity contribution in [3.8, 4) is 0 Å². The van der Waals surface area contributed by atoms with Gasteiger partial charge in [0.05, 0.1) is 0 Å². The van der Waals surface area contributed by atoms with Crippen LogP contribution in [0.4, 0.5) is 0 Å². The maximum atomic E-state index is 6.69. The fraction of sp³-hybridized carbons (Fsp3) is 1.00. The molecular weight excluding hydrogens is 184 g/mol. The topological polar surface area (TPSA) is 52.0 Å². The molecule has 0 amide bonds. The summed E-state index contributed by atoms with van der Waals surface area (Å²) in [7, 11) is 0. The van der Waals surface area contributed by atoms with Crippen LogP contribution < -0.4 is 11.5 Å². The van der Waals surface area contributed by atoms with Crippen LogP contribution in [-0.2, 0) is 0 Å². The fourth-order valence-electron chi connectivity index (χ4n) is 3.21. The minimum Gasteiger partial charge on any atom is -0.328 e. The molecule has 3 atom stereocenters. The zero-order valence-corrected chi connectivity index (χ0v) is 11.0. The molecule has 0 aromatic carbocycles. The van der Waals surface area contributed by atoms with Crippen LogP contribution >= 0.6 is 0 Å². The Morgan fingerprint density at radius 2 is 1.67 bits per heavy atom. The average Bonchev–Trinajstić information content (AvgIpc) is 2.11. The van der Waals surface area contributed by atoms with Crippen molar-refractivity contribution in [2.24, 2.45) is 28.7 Å². The van der Waals surface area contributed by atoms with E-state index in [0.717, 1.165) is 12.8 Å². The van der Waals surface area contributed by atoms with Crippen LogP contribution in [-0.4, -0.2) is 11.6 Å². The summed E-state index contributed by atoms with van der Waals surface area (Å²) in [5.41, 5.74) is 12.9. The van der Waals surface area contributed by atoms with Crippen molar-refractivity contribution < 1.29 is 0 Å². The molecule has 0 aromatic rings. The molecule has 3 unspecified atom stereocenters. The van der Waals surface area contributed by atoms with Gasteiger partial charge < -0.3 is 11.5 Å². The molecule has 1 aliphatic rings. The summed E-state index contributed by atoms with van der Waals surface area (Å²) >= 11 is 0. The molecular formula is C13H28N2. The van der Waals surface area contributed by atoms with Gasteiger partial charge in [-0.3, -0.25) is 0 Å². The van der Waals surface area contributed by atoms with Crippen molar-refractivity contribution in [1.29, 1.82) is 0 Å². The van der Waals surface area contributed by atoms with Gasteiger partial charge in [-0.2, -0.15) is 0 Å². The first-order valence-corrected chi connectivity index (χ1v) is 6.28. The van der Waals surface area contributed by atoms with E-state index in [0.29, 0.717) is 17.9 Å². The molecule has 0 spiro atoms. The summed E-state index contributed by atoms with van der Waals surface area (Å²) in [6.07, 6.45) is 3.26. The second-order valence-electron chi connectivity index (χ2n) is 6.27. The third kappa shape index (κ3) is 1.94. The Labute approximate surface area is 94.8 Å². The maximum absolute atomic E-state index is 6.69. The summed E-state index contributed by atoms with van der Waals surface area (Å²) in [5, 5.41) is 0.